The lowest BCUT2D eigenvalue weighted by atomic mass is 10.1. The average Bonchev–Trinajstić information content (AvgIpc) is 3.27. The lowest BCUT2D eigenvalue weighted by molar-refractivity contribution is -0.138. The number of hydrogen-bond donors (Lipinski definition) is 4. The maximum atomic E-state index is 13.2. The van der Waals surface area contributed by atoms with Gasteiger partial charge >= 0.3 is 0 Å². The molecule has 1 aliphatic heterocycles. The molecule has 1 fully saturated rings. The summed E-state index contributed by atoms with van der Waals surface area (Å²) in [7, 11) is 0. The van der Waals surface area contributed by atoms with Gasteiger partial charge in [-0.15, -0.1) is 0 Å². The molecule has 2 aromatic rings. The van der Waals surface area contributed by atoms with Gasteiger partial charge in [-0.2, -0.15) is 0 Å². The quantitative estimate of drug-likeness (QED) is 0.411. The Morgan fingerprint density at radius 1 is 1.31 bits per heavy atom. The number of halogens is 2. The van der Waals surface area contributed by atoms with Gasteiger partial charge in [-0.3, -0.25) is 14.4 Å². The van der Waals surface area contributed by atoms with E-state index >= 15 is 0 Å². The molecule has 6 N–H and O–H groups in total. The van der Waals surface area contributed by atoms with E-state index in [1.807, 2.05) is 0 Å². The largest absolute Gasteiger partial charge is 0.382 e. The molecule has 13 heteroatoms. The SMILES string of the molecule is NC(=O)[C@@H]1CCCN1C(=O)[C@H](Cc1[nH]c(Br)nc1Br)NC(=O)c1nccnc1N. The summed E-state index contributed by atoms with van der Waals surface area (Å²) in [5.41, 5.74) is 11.6. The van der Waals surface area contributed by atoms with Crippen molar-refractivity contribution in [2.24, 2.45) is 5.73 Å². The molecule has 0 aliphatic carbocycles. The van der Waals surface area contributed by atoms with Crippen LogP contribution in [0.15, 0.2) is 21.7 Å². The number of imidazole rings is 1. The van der Waals surface area contributed by atoms with E-state index in [2.05, 4.69) is 57.1 Å². The smallest absolute Gasteiger partial charge is 0.274 e. The predicted molar refractivity (Wildman–Crippen MR) is 109 cm³/mol. The van der Waals surface area contributed by atoms with Crippen molar-refractivity contribution in [3.63, 3.8) is 0 Å². The van der Waals surface area contributed by atoms with Gasteiger partial charge in [-0.05, 0) is 44.7 Å². The molecule has 29 heavy (non-hydrogen) atoms. The third-order valence-corrected chi connectivity index (χ3v) is 5.55. The Kier molecular flexibility index (Phi) is 6.47. The second-order valence-corrected chi connectivity index (χ2v) is 7.91. The molecular weight excluding hydrogens is 512 g/mol. The highest BCUT2D eigenvalue weighted by molar-refractivity contribution is 9.11. The van der Waals surface area contributed by atoms with Crippen LogP contribution in [-0.2, 0) is 16.0 Å². The highest BCUT2D eigenvalue weighted by Gasteiger charge is 2.37. The number of nitrogens with zero attached hydrogens (tertiary/aromatic N) is 4. The lowest BCUT2D eigenvalue weighted by Gasteiger charge is -2.27. The number of nitrogen functional groups attached to an aromatic ring is 1. The summed E-state index contributed by atoms with van der Waals surface area (Å²) < 4.78 is 0.953. The standard InChI is InChI=1S/C16H18Br2N8O3/c17-11-7(24-16(18)25-11)6-8(15(29)26-5-1-2-9(26)13(20)27)23-14(28)10-12(19)22-4-3-21-10/h3-4,8-9H,1-2,5-6H2,(H2,19,22)(H2,20,27)(H,23,28)(H,24,25)/t8-,9-/m0/s1. The maximum absolute atomic E-state index is 13.2. The van der Waals surface area contributed by atoms with Crippen LogP contribution in [0.2, 0.25) is 0 Å². The van der Waals surface area contributed by atoms with Crippen LogP contribution in [0.5, 0.6) is 0 Å². The first-order valence-corrected chi connectivity index (χ1v) is 10.2. The van der Waals surface area contributed by atoms with Crippen LogP contribution < -0.4 is 16.8 Å². The number of carbonyl (C=O) groups excluding carboxylic acids is 3. The summed E-state index contributed by atoms with van der Waals surface area (Å²) in [5.74, 6) is -1.72. The van der Waals surface area contributed by atoms with Gasteiger partial charge in [-0.1, -0.05) is 0 Å². The number of nitrogens with two attached hydrogens (primary N) is 2. The van der Waals surface area contributed by atoms with Crippen LogP contribution in [0.3, 0.4) is 0 Å². The van der Waals surface area contributed by atoms with Crippen molar-refractivity contribution < 1.29 is 14.4 Å². The number of nitrogens with one attached hydrogen (secondary N) is 2. The molecule has 11 nitrogen and oxygen atoms in total. The molecule has 0 bridgehead atoms. The summed E-state index contributed by atoms with van der Waals surface area (Å²) in [5, 5.41) is 2.65. The highest BCUT2D eigenvalue weighted by atomic mass is 79.9. The molecule has 3 heterocycles. The molecule has 0 aromatic carbocycles. The van der Waals surface area contributed by atoms with Gasteiger partial charge in [0.2, 0.25) is 11.8 Å². The molecular formula is C16H18Br2N8O3. The molecule has 1 saturated heterocycles. The second kappa shape index (κ2) is 8.86. The van der Waals surface area contributed by atoms with Crippen molar-refractivity contribution in [1.82, 2.24) is 30.2 Å². The van der Waals surface area contributed by atoms with Gasteiger partial charge in [0.05, 0.1) is 5.69 Å². The molecule has 0 unspecified atom stereocenters. The minimum atomic E-state index is -1.01. The number of anilines is 1. The van der Waals surface area contributed by atoms with E-state index in [1.54, 1.807) is 0 Å². The van der Waals surface area contributed by atoms with Crippen LogP contribution in [0.4, 0.5) is 5.82 Å². The first-order valence-electron chi connectivity index (χ1n) is 8.65. The number of carbonyl (C=O) groups is 3. The fourth-order valence-corrected chi connectivity index (χ4v) is 4.27. The summed E-state index contributed by atoms with van der Waals surface area (Å²) in [4.78, 5) is 53.9. The topological polar surface area (TPSA) is 173 Å². The number of hydrogen-bond acceptors (Lipinski definition) is 7. The van der Waals surface area contributed by atoms with E-state index in [0.29, 0.717) is 34.4 Å². The summed E-state index contributed by atoms with van der Waals surface area (Å²) in [6.07, 6.45) is 3.91. The summed E-state index contributed by atoms with van der Waals surface area (Å²) >= 11 is 6.54. The van der Waals surface area contributed by atoms with Crippen LogP contribution in [0, 0.1) is 0 Å². The van der Waals surface area contributed by atoms with Gasteiger partial charge in [0.1, 0.15) is 16.7 Å². The van der Waals surface area contributed by atoms with Crippen LogP contribution >= 0.6 is 31.9 Å². The van der Waals surface area contributed by atoms with Crippen LogP contribution in [0.25, 0.3) is 0 Å². The molecule has 3 rings (SSSR count). The van der Waals surface area contributed by atoms with Gasteiger partial charge in [0, 0.05) is 25.4 Å². The van der Waals surface area contributed by atoms with Crippen molar-refractivity contribution in [3.05, 3.63) is 33.1 Å². The minimum Gasteiger partial charge on any atom is -0.382 e. The number of likely N-dealkylation sites (tertiary alicyclic amines) is 1. The predicted octanol–water partition coefficient (Wildman–Crippen LogP) is 0.124. The van der Waals surface area contributed by atoms with E-state index in [1.165, 1.54) is 17.3 Å². The average molecular weight is 530 g/mol. The molecule has 0 saturated carbocycles. The molecule has 3 amide bonds. The van der Waals surface area contributed by atoms with E-state index in [-0.39, 0.29) is 17.9 Å². The third kappa shape index (κ3) is 4.72. The zero-order chi connectivity index (χ0) is 21.1. The van der Waals surface area contributed by atoms with Crippen molar-refractivity contribution in [2.45, 2.75) is 31.3 Å². The van der Waals surface area contributed by atoms with E-state index < -0.39 is 29.8 Å². The first kappa shape index (κ1) is 21.2. The van der Waals surface area contributed by atoms with E-state index in [0.717, 1.165) is 0 Å². The van der Waals surface area contributed by atoms with E-state index in [9.17, 15) is 14.4 Å². The van der Waals surface area contributed by atoms with Gasteiger partial charge < -0.3 is 26.7 Å². The number of aromatic amines is 1. The summed E-state index contributed by atoms with van der Waals surface area (Å²) in [6.45, 7) is 0.375. The van der Waals surface area contributed by atoms with E-state index in [4.69, 9.17) is 11.5 Å². The monoisotopic (exact) mass is 528 g/mol. The highest BCUT2D eigenvalue weighted by Crippen LogP contribution is 2.22. The third-order valence-electron chi connectivity index (χ3n) is 4.52. The van der Waals surface area contributed by atoms with Gasteiger partial charge in [0.25, 0.3) is 5.91 Å². The molecule has 2 atom stereocenters. The van der Waals surface area contributed by atoms with Gasteiger partial charge in [0.15, 0.2) is 16.2 Å². The Morgan fingerprint density at radius 3 is 2.66 bits per heavy atom. The number of aromatic nitrogens is 4. The molecule has 154 valence electrons. The van der Waals surface area contributed by atoms with Gasteiger partial charge in [-0.25, -0.2) is 15.0 Å². The molecule has 0 radical (unpaired) electrons. The number of H-pyrrole nitrogens is 1. The minimum absolute atomic E-state index is 0.0575. The fraction of sp³-hybridized carbons (Fsp3) is 0.375. The number of primary amides is 1. The van der Waals surface area contributed by atoms with Crippen LogP contribution in [0.1, 0.15) is 29.0 Å². The zero-order valence-electron chi connectivity index (χ0n) is 15.1. The van der Waals surface area contributed by atoms with Crippen molar-refractivity contribution >= 4 is 55.4 Å². The molecule has 0 spiro atoms. The maximum Gasteiger partial charge on any atom is 0.274 e. The summed E-state index contributed by atoms with van der Waals surface area (Å²) in [6, 6.07) is -1.71. The number of rotatable bonds is 6. The lowest BCUT2D eigenvalue weighted by Crippen LogP contribution is -2.53. The first-order chi connectivity index (χ1) is 13.8. The van der Waals surface area contributed by atoms with Crippen LogP contribution in [-0.4, -0.2) is 61.2 Å². The zero-order valence-corrected chi connectivity index (χ0v) is 18.2. The van der Waals surface area contributed by atoms with Crippen molar-refractivity contribution in [2.75, 3.05) is 12.3 Å². The normalized spacial score (nSPS) is 17.2. The molecule has 1 aliphatic rings. The van der Waals surface area contributed by atoms with Crippen molar-refractivity contribution in [3.8, 4) is 0 Å². The Balaban J connectivity index is 1.88. The second-order valence-electron chi connectivity index (χ2n) is 6.41. The Hall–Kier alpha value is -2.54. The van der Waals surface area contributed by atoms with Crippen molar-refractivity contribution in [1.29, 1.82) is 0 Å². The number of amides is 3. The molecule has 2 aromatic heterocycles. The fourth-order valence-electron chi connectivity index (χ4n) is 3.17. The Labute approximate surface area is 182 Å². The Bertz CT molecular complexity index is 950. The Morgan fingerprint density at radius 2 is 2.03 bits per heavy atom.